The summed E-state index contributed by atoms with van der Waals surface area (Å²) >= 11 is 3.23. The van der Waals surface area contributed by atoms with Crippen LogP contribution in [-0.4, -0.2) is 8.42 Å². The van der Waals surface area contributed by atoms with Crippen LogP contribution in [0.4, 0.5) is 0 Å². The lowest BCUT2D eigenvalue weighted by Gasteiger charge is -1.99. The van der Waals surface area contributed by atoms with Gasteiger partial charge >= 0.3 is 0 Å². The van der Waals surface area contributed by atoms with Crippen molar-refractivity contribution in [1.82, 2.24) is 0 Å². The Kier molecular flexibility index (Phi) is 2.90. The molecule has 12 heavy (non-hydrogen) atoms. The van der Waals surface area contributed by atoms with Gasteiger partial charge in [-0.1, -0.05) is 15.9 Å². The van der Waals surface area contributed by atoms with Crippen LogP contribution in [0.1, 0.15) is 6.92 Å². The van der Waals surface area contributed by atoms with E-state index in [1.165, 1.54) is 12.7 Å². The number of hydrogen-bond acceptors (Lipinski definition) is 2. The van der Waals surface area contributed by atoms with Gasteiger partial charge in [0.25, 0.3) is 0 Å². The van der Waals surface area contributed by atoms with E-state index in [9.17, 15) is 8.42 Å². The standard InChI is InChI=1S/C8H8BrO2S/c1-2-12(10,11)8-5-3-7(9)4-6-8/h2-6H,1H3. The van der Waals surface area contributed by atoms with Gasteiger partial charge in [0.05, 0.1) is 10.6 Å². The largest absolute Gasteiger partial charge is 0.223 e. The zero-order chi connectivity index (χ0) is 9.19. The number of halogens is 1. The van der Waals surface area contributed by atoms with Crippen molar-refractivity contribution in [2.75, 3.05) is 0 Å². The zero-order valence-electron chi connectivity index (χ0n) is 6.49. The molecule has 2 nitrogen and oxygen atoms in total. The maximum atomic E-state index is 11.2. The zero-order valence-corrected chi connectivity index (χ0v) is 8.89. The van der Waals surface area contributed by atoms with Crippen molar-refractivity contribution in [3.05, 3.63) is 34.5 Å². The van der Waals surface area contributed by atoms with Crippen molar-refractivity contribution < 1.29 is 8.42 Å². The van der Waals surface area contributed by atoms with Crippen LogP contribution in [0.15, 0.2) is 33.6 Å². The van der Waals surface area contributed by atoms with Crippen molar-refractivity contribution in [2.45, 2.75) is 11.8 Å². The van der Waals surface area contributed by atoms with Crippen molar-refractivity contribution in [3.63, 3.8) is 0 Å². The highest BCUT2D eigenvalue weighted by Crippen LogP contribution is 2.16. The summed E-state index contributed by atoms with van der Waals surface area (Å²) in [5.74, 6) is 1.19. The average molecular weight is 248 g/mol. The minimum absolute atomic E-state index is 0.327. The Balaban J connectivity index is 3.14. The molecule has 4 heteroatoms. The van der Waals surface area contributed by atoms with E-state index in [1.54, 1.807) is 24.3 Å². The highest BCUT2D eigenvalue weighted by atomic mass is 79.9. The summed E-state index contributed by atoms with van der Waals surface area (Å²) in [5, 5.41) is 0. The second-order valence-electron chi connectivity index (χ2n) is 2.23. The molecule has 0 bridgehead atoms. The highest BCUT2D eigenvalue weighted by Gasteiger charge is 2.10. The third kappa shape index (κ3) is 2.08. The topological polar surface area (TPSA) is 34.1 Å². The lowest BCUT2D eigenvalue weighted by atomic mass is 10.4. The van der Waals surface area contributed by atoms with E-state index in [2.05, 4.69) is 15.9 Å². The lowest BCUT2D eigenvalue weighted by Crippen LogP contribution is -1.97. The fourth-order valence-corrected chi connectivity index (χ4v) is 1.81. The maximum Gasteiger partial charge on any atom is 0.182 e. The van der Waals surface area contributed by atoms with Crippen LogP contribution in [0.3, 0.4) is 0 Å². The molecule has 1 aromatic carbocycles. The molecule has 0 N–H and O–H groups in total. The van der Waals surface area contributed by atoms with Crippen LogP contribution >= 0.6 is 15.9 Å². The normalized spacial score (nSPS) is 11.5. The third-order valence-electron chi connectivity index (χ3n) is 1.45. The molecule has 1 aromatic rings. The molecule has 0 aliphatic heterocycles. The fraction of sp³-hybridized carbons (Fsp3) is 0.125. The van der Waals surface area contributed by atoms with Crippen molar-refractivity contribution in [2.24, 2.45) is 0 Å². The molecule has 0 unspecified atom stereocenters. The minimum atomic E-state index is -3.16. The van der Waals surface area contributed by atoms with E-state index in [0.29, 0.717) is 4.90 Å². The molecule has 1 radical (unpaired) electrons. The Morgan fingerprint density at radius 2 is 1.75 bits per heavy atom. The van der Waals surface area contributed by atoms with Crippen LogP contribution in [0.2, 0.25) is 0 Å². The molecule has 0 aliphatic carbocycles. The van der Waals surface area contributed by atoms with E-state index in [4.69, 9.17) is 0 Å². The second-order valence-corrected chi connectivity index (χ2v) is 5.18. The van der Waals surface area contributed by atoms with Gasteiger partial charge in [-0.15, -0.1) is 0 Å². The number of hydrogen-bond donors (Lipinski definition) is 0. The molecule has 0 atom stereocenters. The van der Waals surface area contributed by atoms with Crippen LogP contribution in [0.5, 0.6) is 0 Å². The van der Waals surface area contributed by atoms with Gasteiger partial charge < -0.3 is 0 Å². The van der Waals surface area contributed by atoms with Gasteiger partial charge in [0.1, 0.15) is 0 Å². The van der Waals surface area contributed by atoms with Gasteiger partial charge in [0.2, 0.25) is 0 Å². The molecule has 0 fully saturated rings. The fourth-order valence-electron chi connectivity index (χ4n) is 0.760. The molecule has 0 amide bonds. The summed E-state index contributed by atoms with van der Waals surface area (Å²) in [5.41, 5.74) is 0. The van der Waals surface area contributed by atoms with Crippen LogP contribution < -0.4 is 0 Å². The third-order valence-corrected chi connectivity index (χ3v) is 3.53. The monoisotopic (exact) mass is 247 g/mol. The van der Waals surface area contributed by atoms with Gasteiger partial charge in [-0.05, 0) is 31.2 Å². The highest BCUT2D eigenvalue weighted by molar-refractivity contribution is 9.10. The Bertz CT molecular complexity index is 353. The predicted octanol–water partition coefficient (Wildman–Crippen LogP) is 2.40. The molecule has 65 valence electrons. The molecule has 1 rings (SSSR count). The quantitative estimate of drug-likeness (QED) is 0.805. The molecule has 0 aromatic heterocycles. The first-order valence-electron chi connectivity index (χ1n) is 3.36. The van der Waals surface area contributed by atoms with E-state index in [0.717, 1.165) is 4.47 Å². The Morgan fingerprint density at radius 3 is 2.17 bits per heavy atom. The summed E-state index contributed by atoms with van der Waals surface area (Å²) in [4.78, 5) is 0.327. The molecular weight excluding hydrogens is 240 g/mol. The first-order chi connectivity index (χ1) is 5.56. The summed E-state index contributed by atoms with van der Waals surface area (Å²) < 4.78 is 23.4. The molecular formula is C8H8BrO2S. The van der Waals surface area contributed by atoms with Crippen molar-refractivity contribution in [1.29, 1.82) is 0 Å². The number of sulfone groups is 1. The smallest absolute Gasteiger partial charge is 0.182 e. The SMILES string of the molecule is C[CH]S(=O)(=O)c1ccc(Br)cc1. The Labute approximate surface area is 80.7 Å². The van der Waals surface area contributed by atoms with Gasteiger partial charge in [0, 0.05) is 4.47 Å². The molecule has 0 heterocycles. The van der Waals surface area contributed by atoms with Crippen LogP contribution in [-0.2, 0) is 9.84 Å². The number of rotatable bonds is 2. The molecule has 0 spiro atoms. The van der Waals surface area contributed by atoms with Crippen LogP contribution in [0.25, 0.3) is 0 Å². The lowest BCUT2D eigenvalue weighted by molar-refractivity contribution is 0.601. The maximum absolute atomic E-state index is 11.2. The van der Waals surface area contributed by atoms with E-state index >= 15 is 0 Å². The van der Waals surface area contributed by atoms with Gasteiger partial charge in [0.15, 0.2) is 9.84 Å². The first-order valence-corrected chi connectivity index (χ1v) is 5.70. The average Bonchev–Trinajstić information content (AvgIpc) is 2.05. The van der Waals surface area contributed by atoms with Crippen molar-refractivity contribution >= 4 is 25.8 Å². The van der Waals surface area contributed by atoms with E-state index in [-0.39, 0.29) is 0 Å². The summed E-state index contributed by atoms with van der Waals surface area (Å²) in [6.07, 6.45) is 0. The van der Waals surface area contributed by atoms with E-state index in [1.807, 2.05) is 0 Å². The van der Waals surface area contributed by atoms with Gasteiger partial charge in [-0.3, -0.25) is 0 Å². The summed E-state index contributed by atoms with van der Waals surface area (Å²) in [6.45, 7) is 1.51. The summed E-state index contributed by atoms with van der Waals surface area (Å²) in [7, 11) is -3.16. The Hall–Kier alpha value is -0.350. The van der Waals surface area contributed by atoms with Crippen molar-refractivity contribution in [3.8, 4) is 0 Å². The summed E-state index contributed by atoms with van der Waals surface area (Å²) in [6, 6.07) is 6.55. The first kappa shape index (κ1) is 9.74. The second kappa shape index (κ2) is 3.58. The molecule has 0 saturated heterocycles. The molecule has 0 saturated carbocycles. The van der Waals surface area contributed by atoms with Gasteiger partial charge in [-0.25, -0.2) is 8.42 Å². The predicted molar refractivity (Wildman–Crippen MR) is 51.3 cm³/mol. The van der Waals surface area contributed by atoms with Crippen LogP contribution in [0, 0.1) is 5.75 Å². The minimum Gasteiger partial charge on any atom is -0.223 e. The Morgan fingerprint density at radius 1 is 1.25 bits per heavy atom. The molecule has 0 aliphatic rings. The number of benzene rings is 1. The van der Waals surface area contributed by atoms with E-state index < -0.39 is 9.84 Å². The van der Waals surface area contributed by atoms with Gasteiger partial charge in [-0.2, -0.15) is 0 Å².